The maximum Gasteiger partial charge on any atom is 0.0665 e. The van der Waals surface area contributed by atoms with Crippen LogP contribution in [0.25, 0.3) is 0 Å². The smallest absolute Gasteiger partial charge is 0.0665 e. The number of aryl methyl sites for hydroxylation is 1. The number of benzene rings is 1. The van der Waals surface area contributed by atoms with E-state index in [1.54, 1.807) is 18.2 Å². The van der Waals surface area contributed by atoms with Crippen molar-refractivity contribution in [1.29, 1.82) is 0 Å². The number of rotatable bonds is 7. The standard InChI is InChI=1S/C22H36O2/c1-15(12-13-23-6)8-9-18-17(3)16(2)14-20-19(18)10-11-21(24-7)22(20,4)5/h14-15,21H,8-13H2,1-7H3/t15-,21-/m0/s1. The van der Waals surface area contributed by atoms with Crippen LogP contribution < -0.4 is 0 Å². The van der Waals surface area contributed by atoms with E-state index < -0.39 is 0 Å². The van der Waals surface area contributed by atoms with E-state index in [9.17, 15) is 0 Å². The molecule has 0 aromatic heterocycles. The third kappa shape index (κ3) is 3.86. The van der Waals surface area contributed by atoms with Gasteiger partial charge in [-0.2, -0.15) is 0 Å². The molecule has 0 heterocycles. The minimum Gasteiger partial charge on any atom is -0.385 e. The minimum absolute atomic E-state index is 0.0945. The van der Waals surface area contributed by atoms with E-state index in [-0.39, 0.29) is 5.41 Å². The molecule has 0 fully saturated rings. The molecule has 2 atom stereocenters. The molecule has 0 bridgehead atoms. The highest BCUT2D eigenvalue weighted by Crippen LogP contribution is 2.42. The van der Waals surface area contributed by atoms with Crippen LogP contribution in [-0.2, 0) is 27.7 Å². The highest BCUT2D eigenvalue weighted by atomic mass is 16.5. The zero-order valence-electron chi connectivity index (χ0n) is 16.8. The van der Waals surface area contributed by atoms with Crippen molar-refractivity contribution in [2.45, 2.75) is 78.2 Å². The van der Waals surface area contributed by atoms with Crippen molar-refractivity contribution < 1.29 is 9.47 Å². The second-order valence-electron chi connectivity index (χ2n) is 8.23. The average Bonchev–Trinajstić information content (AvgIpc) is 2.54. The Morgan fingerprint density at radius 1 is 1.21 bits per heavy atom. The predicted molar refractivity (Wildman–Crippen MR) is 102 cm³/mol. The summed E-state index contributed by atoms with van der Waals surface area (Å²) in [6, 6.07) is 2.42. The van der Waals surface area contributed by atoms with E-state index in [1.807, 2.05) is 7.11 Å². The van der Waals surface area contributed by atoms with Crippen molar-refractivity contribution in [3.05, 3.63) is 33.9 Å². The SMILES string of the molecule is COCC[C@@H](C)CCc1c(C)c(C)cc2c1CC[C@H](OC)C2(C)C. The summed E-state index contributed by atoms with van der Waals surface area (Å²) >= 11 is 0. The molecule has 0 N–H and O–H groups in total. The first-order valence-electron chi connectivity index (χ1n) is 9.47. The largest absolute Gasteiger partial charge is 0.385 e. The van der Waals surface area contributed by atoms with E-state index in [2.05, 4.69) is 40.7 Å². The molecule has 0 aliphatic heterocycles. The van der Waals surface area contributed by atoms with Gasteiger partial charge in [0.15, 0.2) is 0 Å². The summed E-state index contributed by atoms with van der Waals surface area (Å²) in [5, 5.41) is 0. The Hall–Kier alpha value is -0.860. The van der Waals surface area contributed by atoms with Crippen molar-refractivity contribution in [3.8, 4) is 0 Å². The highest BCUT2D eigenvalue weighted by Gasteiger charge is 2.38. The number of hydrogen-bond donors (Lipinski definition) is 0. The Kier molecular flexibility index (Phi) is 6.50. The summed E-state index contributed by atoms with van der Waals surface area (Å²) in [6.45, 7) is 12.5. The number of methoxy groups -OCH3 is 2. The molecular weight excluding hydrogens is 296 g/mol. The zero-order valence-corrected chi connectivity index (χ0v) is 16.8. The average molecular weight is 333 g/mol. The second-order valence-corrected chi connectivity index (χ2v) is 8.23. The Morgan fingerprint density at radius 3 is 2.54 bits per heavy atom. The van der Waals surface area contributed by atoms with Crippen molar-refractivity contribution in [1.82, 2.24) is 0 Å². The van der Waals surface area contributed by atoms with Gasteiger partial charge in [-0.25, -0.2) is 0 Å². The first-order chi connectivity index (χ1) is 11.3. The van der Waals surface area contributed by atoms with Gasteiger partial charge >= 0.3 is 0 Å². The van der Waals surface area contributed by atoms with Gasteiger partial charge in [0.25, 0.3) is 0 Å². The minimum atomic E-state index is 0.0945. The Morgan fingerprint density at radius 2 is 1.92 bits per heavy atom. The van der Waals surface area contributed by atoms with Gasteiger partial charge in [-0.05, 0) is 79.7 Å². The van der Waals surface area contributed by atoms with E-state index in [0.29, 0.717) is 12.0 Å². The molecule has 1 aromatic rings. The number of ether oxygens (including phenoxy) is 2. The molecule has 2 rings (SSSR count). The molecule has 0 unspecified atom stereocenters. The molecule has 1 aromatic carbocycles. The quantitative estimate of drug-likeness (QED) is 0.687. The molecule has 0 radical (unpaired) electrons. The summed E-state index contributed by atoms with van der Waals surface area (Å²) in [5.41, 5.74) is 7.75. The van der Waals surface area contributed by atoms with Gasteiger partial charge < -0.3 is 9.47 Å². The van der Waals surface area contributed by atoms with Crippen LogP contribution in [0.4, 0.5) is 0 Å². The second kappa shape index (κ2) is 8.01. The first kappa shape index (κ1) is 19.5. The van der Waals surface area contributed by atoms with Gasteiger partial charge in [0.05, 0.1) is 6.10 Å². The van der Waals surface area contributed by atoms with Crippen LogP contribution in [0.1, 0.15) is 67.9 Å². The van der Waals surface area contributed by atoms with E-state index in [0.717, 1.165) is 25.9 Å². The maximum atomic E-state index is 5.80. The molecule has 24 heavy (non-hydrogen) atoms. The van der Waals surface area contributed by atoms with Crippen LogP contribution in [0.3, 0.4) is 0 Å². The van der Waals surface area contributed by atoms with Crippen LogP contribution in [0.5, 0.6) is 0 Å². The summed E-state index contributed by atoms with van der Waals surface area (Å²) < 4.78 is 11.0. The number of hydrogen-bond acceptors (Lipinski definition) is 2. The van der Waals surface area contributed by atoms with Crippen molar-refractivity contribution in [3.63, 3.8) is 0 Å². The zero-order chi connectivity index (χ0) is 17.9. The summed E-state index contributed by atoms with van der Waals surface area (Å²) in [4.78, 5) is 0. The number of fused-ring (bicyclic) bond motifs is 1. The molecule has 0 saturated heterocycles. The Balaban J connectivity index is 2.31. The van der Waals surface area contributed by atoms with Crippen LogP contribution >= 0.6 is 0 Å². The van der Waals surface area contributed by atoms with Gasteiger partial charge in [-0.3, -0.25) is 0 Å². The lowest BCUT2D eigenvalue weighted by atomic mass is 9.68. The normalized spacial score (nSPS) is 20.7. The van der Waals surface area contributed by atoms with Gasteiger partial charge in [0.2, 0.25) is 0 Å². The lowest BCUT2D eigenvalue weighted by Gasteiger charge is -2.41. The van der Waals surface area contributed by atoms with Crippen LogP contribution in [0.2, 0.25) is 0 Å². The molecule has 0 spiro atoms. The van der Waals surface area contributed by atoms with Crippen molar-refractivity contribution in [2.75, 3.05) is 20.8 Å². The molecular formula is C22H36O2. The van der Waals surface area contributed by atoms with Gasteiger partial charge in [-0.15, -0.1) is 0 Å². The molecule has 2 heteroatoms. The predicted octanol–water partition coefficient (Wildman–Crippen LogP) is 5.15. The fourth-order valence-electron chi connectivity index (χ4n) is 4.31. The molecule has 2 nitrogen and oxygen atoms in total. The van der Waals surface area contributed by atoms with Gasteiger partial charge in [-0.1, -0.05) is 26.8 Å². The van der Waals surface area contributed by atoms with Crippen molar-refractivity contribution >= 4 is 0 Å². The van der Waals surface area contributed by atoms with Crippen molar-refractivity contribution in [2.24, 2.45) is 5.92 Å². The van der Waals surface area contributed by atoms with Gasteiger partial charge in [0.1, 0.15) is 0 Å². The van der Waals surface area contributed by atoms with E-state index >= 15 is 0 Å². The topological polar surface area (TPSA) is 18.5 Å². The molecule has 1 aliphatic rings. The summed E-state index contributed by atoms with van der Waals surface area (Å²) in [5.74, 6) is 0.712. The van der Waals surface area contributed by atoms with E-state index in [4.69, 9.17) is 9.47 Å². The third-order valence-electron chi connectivity index (χ3n) is 6.24. The summed E-state index contributed by atoms with van der Waals surface area (Å²) in [7, 11) is 3.65. The van der Waals surface area contributed by atoms with Crippen LogP contribution in [0.15, 0.2) is 6.07 Å². The van der Waals surface area contributed by atoms with E-state index in [1.165, 1.54) is 29.5 Å². The van der Waals surface area contributed by atoms with Crippen LogP contribution in [-0.4, -0.2) is 26.9 Å². The Labute approximate surface area is 148 Å². The fourth-order valence-corrected chi connectivity index (χ4v) is 4.31. The molecule has 0 amide bonds. The Bertz CT molecular complexity index is 560. The monoisotopic (exact) mass is 332 g/mol. The molecule has 0 saturated carbocycles. The van der Waals surface area contributed by atoms with Gasteiger partial charge in [0, 0.05) is 26.2 Å². The van der Waals surface area contributed by atoms with Crippen LogP contribution in [0, 0.1) is 19.8 Å². The molecule has 1 aliphatic carbocycles. The maximum absolute atomic E-state index is 5.80. The fraction of sp³-hybridized carbons (Fsp3) is 0.727. The summed E-state index contributed by atoms with van der Waals surface area (Å²) in [6.07, 6.45) is 6.19. The molecule has 136 valence electrons. The highest BCUT2D eigenvalue weighted by molar-refractivity contribution is 5.50. The first-order valence-corrected chi connectivity index (χ1v) is 9.47. The lowest BCUT2D eigenvalue weighted by molar-refractivity contribution is 0.0328. The lowest BCUT2D eigenvalue weighted by Crippen LogP contribution is -2.40. The third-order valence-corrected chi connectivity index (χ3v) is 6.24.